The van der Waals surface area contributed by atoms with E-state index in [0.717, 1.165) is 12.1 Å². The van der Waals surface area contributed by atoms with Crippen LogP contribution in [0.4, 0.5) is 19.0 Å². The molecule has 0 aliphatic rings. The first-order valence-corrected chi connectivity index (χ1v) is 7.79. The summed E-state index contributed by atoms with van der Waals surface area (Å²) in [5.41, 5.74) is -0.915. The Kier molecular flexibility index (Phi) is 4.24. The molecule has 0 radical (unpaired) electrons. The molecule has 1 heterocycles. The second-order valence-corrected chi connectivity index (χ2v) is 6.47. The highest BCUT2D eigenvalue weighted by molar-refractivity contribution is 9.10. The molecule has 4 nitrogen and oxygen atoms in total. The molecule has 0 saturated heterocycles. The summed E-state index contributed by atoms with van der Waals surface area (Å²) in [6, 6.07) is 7.81. The third kappa shape index (κ3) is 3.94. The lowest BCUT2D eigenvalue weighted by Gasteiger charge is -2.09. The summed E-state index contributed by atoms with van der Waals surface area (Å²) in [6.45, 7) is 0. The van der Waals surface area contributed by atoms with Crippen molar-refractivity contribution in [2.75, 3.05) is 4.72 Å². The molecule has 9 heteroatoms. The number of hydrogen-bond donors (Lipinski definition) is 1. The van der Waals surface area contributed by atoms with Crippen LogP contribution in [0.2, 0.25) is 0 Å². The fourth-order valence-electron chi connectivity index (χ4n) is 1.48. The maximum Gasteiger partial charge on any atom is 0.416 e. The molecule has 0 aliphatic heterocycles. The van der Waals surface area contributed by atoms with E-state index in [1.807, 2.05) is 0 Å². The summed E-state index contributed by atoms with van der Waals surface area (Å²) in [6.07, 6.45) is -4.51. The molecule has 1 N–H and O–H groups in total. The fourth-order valence-corrected chi connectivity index (χ4v) is 2.83. The van der Waals surface area contributed by atoms with Gasteiger partial charge in [0.05, 0.1) is 10.5 Å². The number of hydrogen-bond acceptors (Lipinski definition) is 3. The van der Waals surface area contributed by atoms with Gasteiger partial charge in [-0.1, -0.05) is 6.07 Å². The fraction of sp³-hybridized carbons (Fsp3) is 0.0833. The second kappa shape index (κ2) is 5.64. The number of alkyl halides is 3. The van der Waals surface area contributed by atoms with Gasteiger partial charge >= 0.3 is 6.18 Å². The van der Waals surface area contributed by atoms with Gasteiger partial charge in [-0.3, -0.25) is 4.72 Å². The molecule has 0 bridgehead atoms. The third-order valence-corrected chi connectivity index (χ3v) is 4.26. The Morgan fingerprint density at radius 2 is 1.67 bits per heavy atom. The molecule has 0 unspecified atom stereocenters. The number of aromatic nitrogens is 1. The van der Waals surface area contributed by atoms with E-state index in [1.165, 1.54) is 6.07 Å². The molecule has 0 fully saturated rings. The van der Waals surface area contributed by atoms with Gasteiger partial charge in [-0.05, 0) is 52.3 Å². The Morgan fingerprint density at radius 3 is 2.19 bits per heavy atom. The molecule has 2 rings (SSSR count). The summed E-state index contributed by atoms with van der Waals surface area (Å²) in [5.74, 6) is 0.0595. The predicted octanol–water partition coefficient (Wildman–Crippen LogP) is 3.66. The summed E-state index contributed by atoms with van der Waals surface area (Å²) in [7, 11) is -3.99. The number of pyridine rings is 1. The number of rotatable bonds is 3. The van der Waals surface area contributed by atoms with E-state index in [9.17, 15) is 21.6 Å². The van der Waals surface area contributed by atoms with Crippen LogP contribution in [-0.4, -0.2) is 13.4 Å². The minimum atomic E-state index is -4.51. The van der Waals surface area contributed by atoms with Crippen LogP contribution in [-0.2, 0) is 16.2 Å². The Morgan fingerprint density at radius 1 is 1.05 bits per heavy atom. The highest BCUT2D eigenvalue weighted by Gasteiger charge is 2.30. The van der Waals surface area contributed by atoms with E-state index in [4.69, 9.17) is 0 Å². The highest BCUT2D eigenvalue weighted by Crippen LogP contribution is 2.29. The van der Waals surface area contributed by atoms with E-state index < -0.39 is 21.8 Å². The van der Waals surface area contributed by atoms with E-state index >= 15 is 0 Å². The normalized spacial score (nSPS) is 12.2. The van der Waals surface area contributed by atoms with Gasteiger partial charge in [0, 0.05) is 0 Å². The molecule has 0 spiro atoms. The van der Waals surface area contributed by atoms with Crippen LogP contribution in [0.25, 0.3) is 0 Å². The highest BCUT2D eigenvalue weighted by atomic mass is 79.9. The zero-order chi connectivity index (χ0) is 15.7. The lowest BCUT2D eigenvalue weighted by Crippen LogP contribution is -2.14. The molecule has 2 aromatic rings. The molecule has 0 saturated carbocycles. The van der Waals surface area contributed by atoms with Crippen molar-refractivity contribution in [3.05, 3.63) is 52.6 Å². The number of anilines is 1. The van der Waals surface area contributed by atoms with Crippen LogP contribution in [0.5, 0.6) is 0 Å². The lowest BCUT2D eigenvalue weighted by molar-refractivity contribution is -0.137. The van der Waals surface area contributed by atoms with Crippen LogP contribution in [0.15, 0.2) is 52.0 Å². The van der Waals surface area contributed by atoms with Gasteiger partial charge in [-0.2, -0.15) is 13.2 Å². The van der Waals surface area contributed by atoms with Gasteiger partial charge in [0.15, 0.2) is 0 Å². The van der Waals surface area contributed by atoms with E-state index in [2.05, 4.69) is 25.6 Å². The molecule has 1 aromatic heterocycles. The van der Waals surface area contributed by atoms with Crippen molar-refractivity contribution in [2.45, 2.75) is 11.1 Å². The van der Waals surface area contributed by atoms with Crippen molar-refractivity contribution in [3.63, 3.8) is 0 Å². The number of sulfonamides is 1. The van der Waals surface area contributed by atoms with Gasteiger partial charge in [-0.15, -0.1) is 0 Å². The van der Waals surface area contributed by atoms with Gasteiger partial charge in [-0.25, -0.2) is 13.4 Å². The maximum atomic E-state index is 12.4. The Hall–Kier alpha value is -1.61. The van der Waals surface area contributed by atoms with Gasteiger partial charge < -0.3 is 0 Å². The number of halogens is 4. The minimum Gasteiger partial charge on any atom is -0.263 e. The molecule has 1 aromatic carbocycles. The van der Waals surface area contributed by atoms with Crippen molar-refractivity contribution in [1.82, 2.24) is 4.98 Å². The van der Waals surface area contributed by atoms with Crippen molar-refractivity contribution in [2.24, 2.45) is 0 Å². The van der Waals surface area contributed by atoms with Crippen LogP contribution in [0, 0.1) is 0 Å². The smallest absolute Gasteiger partial charge is 0.263 e. The van der Waals surface area contributed by atoms with Crippen molar-refractivity contribution >= 4 is 31.8 Å². The molecule has 0 atom stereocenters. The lowest BCUT2D eigenvalue weighted by atomic mass is 10.2. The van der Waals surface area contributed by atoms with E-state index in [-0.39, 0.29) is 10.7 Å². The van der Waals surface area contributed by atoms with Gasteiger partial charge in [0.2, 0.25) is 0 Å². The average Bonchev–Trinajstić information content (AvgIpc) is 2.37. The second-order valence-electron chi connectivity index (χ2n) is 3.97. The van der Waals surface area contributed by atoms with Crippen LogP contribution < -0.4 is 4.72 Å². The topological polar surface area (TPSA) is 59.1 Å². The standard InChI is InChI=1S/C12H8BrF3N2O2S/c13-10-2-1-3-11(17-10)18-21(19,20)9-6-4-8(5-7-9)12(14,15)16/h1-7H,(H,17,18). The quantitative estimate of drug-likeness (QED) is 0.826. The van der Waals surface area contributed by atoms with Crippen molar-refractivity contribution in [3.8, 4) is 0 Å². The Balaban J connectivity index is 2.28. The van der Waals surface area contributed by atoms with Crippen LogP contribution >= 0.6 is 15.9 Å². The summed E-state index contributed by atoms with van der Waals surface area (Å²) >= 11 is 3.09. The average molecular weight is 381 g/mol. The van der Waals surface area contributed by atoms with E-state index in [1.54, 1.807) is 12.1 Å². The molecule has 112 valence electrons. The largest absolute Gasteiger partial charge is 0.416 e. The summed E-state index contributed by atoms with van der Waals surface area (Å²) < 4.78 is 63.9. The zero-order valence-corrected chi connectivity index (χ0v) is 12.6. The monoisotopic (exact) mass is 380 g/mol. The first-order valence-electron chi connectivity index (χ1n) is 5.51. The number of nitrogens with zero attached hydrogens (tertiary/aromatic N) is 1. The van der Waals surface area contributed by atoms with Crippen molar-refractivity contribution < 1.29 is 21.6 Å². The first-order chi connectivity index (χ1) is 9.68. The predicted molar refractivity (Wildman–Crippen MR) is 74.2 cm³/mol. The number of nitrogens with one attached hydrogen (secondary N) is 1. The SMILES string of the molecule is O=S(=O)(Nc1cccc(Br)n1)c1ccc(C(F)(F)F)cc1. The summed E-state index contributed by atoms with van der Waals surface area (Å²) in [4.78, 5) is 3.61. The van der Waals surface area contributed by atoms with Gasteiger partial charge in [0.1, 0.15) is 10.4 Å². The minimum absolute atomic E-state index is 0.0595. The van der Waals surface area contributed by atoms with E-state index in [0.29, 0.717) is 16.7 Å². The Bertz CT molecular complexity index is 746. The molecular formula is C12H8BrF3N2O2S. The summed E-state index contributed by atoms with van der Waals surface area (Å²) in [5, 5.41) is 0. The van der Waals surface area contributed by atoms with Crippen molar-refractivity contribution in [1.29, 1.82) is 0 Å². The zero-order valence-electron chi connectivity index (χ0n) is 10.2. The molecule has 0 aliphatic carbocycles. The first kappa shape index (κ1) is 15.8. The van der Waals surface area contributed by atoms with Gasteiger partial charge in [0.25, 0.3) is 10.0 Å². The molecule has 21 heavy (non-hydrogen) atoms. The Labute approximate surface area is 127 Å². The van der Waals surface area contributed by atoms with Crippen LogP contribution in [0.3, 0.4) is 0 Å². The van der Waals surface area contributed by atoms with Crippen LogP contribution in [0.1, 0.15) is 5.56 Å². The number of benzene rings is 1. The third-order valence-electron chi connectivity index (χ3n) is 2.45. The molecule has 0 amide bonds. The maximum absolute atomic E-state index is 12.4. The molecular weight excluding hydrogens is 373 g/mol.